The summed E-state index contributed by atoms with van der Waals surface area (Å²) in [5, 5.41) is 3.66. The molecule has 0 aliphatic rings. The number of nitrogens with one attached hydrogen (secondary N) is 1. The molecule has 0 atom stereocenters. The number of hydrogen-bond donors (Lipinski definition) is 1. The SMILES string of the molecule is CCCCCCCCCCCCCCCNc1ccc[n+](C)c1C=Cc1ccccc1. The van der Waals surface area contributed by atoms with Gasteiger partial charge in [-0.25, -0.2) is 0 Å². The summed E-state index contributed by atoms with van der Waals surface area (Å²) in [6.07, 6.45) is 24.7. The van der Waals surface area contributed by atoms with Crippen molar-refractivity contribution in [2.45, 2.75) is 90.4 Å². The van der Waals surface area contributed by atoms with Crippen LogP contribution in [0.1, 0.15) is 102 Å². The Morgan fingerprint density at radius 2 is 1.26 bits per heavy atom. The number of benzene rings is 1. The summed E-state index contributed by atoms with van der Waals surface area (Å²) in [6.45, 7) is 3.34. The van der Waals surface area contributed by atoms with Crippen LogP contribution in [0.15, 0.2) is 48.7 Å². The van der Waals surface area contributed by atoms with E-state index in [0.717, 1.165) is 6.54 Å². The molecule has 0 fully saturated rings. The fourth-order valence-corrected chi connectivity index (χ4v) is 4.09. The van der Waals surface area contributed by atoms with Gasteiger partial charge in [0.15, 0.2) is 6.20 Å². The topological polar surface area (TPSA) is 15.9 Å². The molecule has 0 saturated heterocycles. The average Bonchev–Trinajstić information content (AvgIpc) is 2.79. The van der Waals surface area contributed by atoms with Crippen LogP contribution in [0.25, 0.3) is 12.2 Å². The molecule has 2 nitrogen and oxygen atoms in total. The summed E-state index contributed by atoms with van der Waals surface area (Å²) in [6, 6.07) is 14.8. The molecule has 2 aromatic rings. The number of rotatable bonds is 17. The van der Waals surface area contributed by atoms with Crippen molar-refractivity contribution in [3.05, 3.63) is 59.9 Å². The van der Waals surface area contributed by atoms with Crippen molar-refractivity contribution in [3.63, 3.8) is 0 Å². The Morgan fingerprint density at radius 3 is 1.87 bits per heavy atom. The molecule has 0 amide bonds. The first-order valence-corrected chi connectivity index (χ1v) is 12.8. The van der Waals surface area contributed by atoms with Crippen molar-refractivity contribution in [2.24, 2.45) is 7.05 Å². The van der Waals surface area contributed by atoms with Crippen molar-refractivity contribution in [1.82, 2.24) is 0 Å². The van der Waals surface area contributed by atoms with E-state index in [-0.39, 0.29) is 0 Å². The number of aryl methyl sites for hydroxylation is 1. The van der Waals surface area contributed by atoms with Gasteiger partial charge in [0, 0.05) is 18.7 Å². The van der Waals surface area contributed by atoms with Gasteiger partial charge in [-0.2, -0.15) is 4.57 Å². The molecule has 2 heteroatoms. The van der Waals surface area contributed by atoms with Crippen molar-refractivity contribution in [1.29, 1.82) is 0 Å². The van der Waals surface area contributed by atoms with Gasteiger partial charge in [-0.05, 0) is 24.1 Å². The zero-order chi connectivity index (χ0) is 22.0. The standard InChI is InChI=1S/C29H45N2/c1-3-4-5-6-7-8-9-10-11-12-13-14-18-25-30-28-22-19-26-31(2)29(28)24-23-27-20-16-15-17-21-27/h15-17,19-24,26,30H,3-14,18,25H2,1-2H3/q+1. The van der Waals surface area contributed by atoms with E-state index in [0.29, 0.717) is 0 Å². The van der Waals surface area contributed by atoms with E-state index in [2.05, 4.69) is 84.7 Å². The maximum absolute atomic E-state index is 3.66. The first kappa shape index (κ1) is 25.2. The molecule has 1 aromatic heterocycles. The van der Waals surface area contributed by atoms with Gasteiger partial charge in [0.05, 0.1) is 0 Å². The Hall–Kier alpha value is -2.09. The normalized spacial score (nSPS) is 11.3. The Labute approximate surface area is 191 Å². The van der Waals surface area contributed by atoms with Gasteiger partial charge >= 0.3 is 0 Å². The van der Waals surface area contributed by atoms with E-state index in [1.165, 1.54) is 100 Å². The summed E-state index contributed by atoms with van der Waals surface area (Å²) in [4.78, 5) is 0. The largest absolute Gasteiger partial charge is 0.380 e. The predicted octanol–water partition coefficient (Wildman–Crippen LogP) is 8.18. The third kappa shape index (κ3) is 11.2. The lowest BCUT2D eigenvalue weighted by Gasteiger charge is -2.08. The van der Waals surface area contributed by atoms with Gasteiger partial charge in [0.25, 0.3) is 0 Å². The monoisotopic (exact) mass is 421 g/mol. The summed E-state index contributed by atoms with van der Waals surface area (Å²) in [5.74, 6) is 0. The Balaban J connectivity index is 1.57. The minimum Gasteiger partial charge on any atom is -0.380 e. The molecule has 0 spiro atoms. The molecular formula is C29H45N2+. The second kappa shape index (κ2) is 16.6. The molecular weight excluding hydrogens is 376 g/mol. The molecule has 170 valence electrons. The molecule has 2 rings (SSSR count). The van der Waals surface area contributed by atoms with E-state index >= 15 is 0 Å². The van der Waals surface area contributed by atoms with Gasteiger partial charge in [0.1, 0.15) is 12.7 Å². The second-order valence-electron chi connectivity index (χ2n) is 8.83. The zero-order valence-electron chi connectivity index (χ0n) is 20.1. The molecule has 0 unspecified atom stereocenters. The van der Waals surface area contributed by atoms with Crippen LogP contribution in [0, 0.1) is 0 Å². The maximum atomic E-state index is 3.66. The smallest absolute Gasteiger partial charge is 0.228 e. The molecule has 0 bridgehead atoms. The Morgan fingerprint density at radius 1 is 0.677 bits per heavy atom. The highest BCUT2D eigenvalue weighted by Gasteiger charge is 2.09. The fraction of sp³-hybridized carbons (Fsp3) is 0.552. The van der Waals surface area contributed by atoms with Crippen LogP contribution < -0.4 is 9.88 Å². The summed E-state index contributed by atoms with van der Waals surface area (Å²) < 4.78 is 2.19. The van der Waals surface area contributed by atoms with Gasteiger partial charge in [-0.15, -0.1) is 0 Å². The first-order valence-electron chi connectivity index (χ1n) is 12.8. The van der Waals surface area contributed by atoms with E-state index < -0.39 is 0 Å². The van der Waals surface area contributed by atoms with Crippen LogP contribution in [-0.4, -0.2) is 6.54 Å². The lowest BCUT2D eigenvalue weighted by Crippen LogP contribution is -2.32. The third-order valence-electron chi connectivity index (χ3n) is 6.06. The lowest BCUT2D eigenvalue weighted by atomic mass is 10.0. The minimum absolute atomic E-state index is 1.05. The Bertz CT molecular complexity index is 721. The summed E-state index contributed by atoms with van der Waals surface area (Å²) in [5.41, 5.74) is 3.67. The molecule has 0 saturated carbocycles. The first-order chi connectivity index (χ1) is 15.3. The molecule has 0 aliphatic heterocycles. The van der Waals surface area contributed by atoms with Crippen molar-refractivity contribution < 1.29 is 4.57 Å². The highest BCUT2D eigenvalue weighted by Crippen LogP contribution is 2.16. The summed E-state index contributed by atoms with van der Waals surface area (Å²) >= 11 is 0. The van der Waals surface area contributed by atoms with Crippen LogP contribution in [0.4, 0.5) is 5.69 Å². The van der Waals surface area contributed by atoms with Crippen LogP contribution >= 0.6 is 0 Å². The lowest BCUT2D eigenvalue weighted by molar-refractivity contribution is -0.672. The molecule has 1 heterocycles. The minimum atomic E-state index is 1.05. The number of unbranched alkanes of at least 4 members (excludes halogenated alkanes) is 12. The van der Waals surface area contributed by atoms with Crippen molar-refractivity contribution in [2.75, 3.05) is 11.9 Å². The van der Waals surface area contributed by atoms with Gasteiger partial charge in [-0.1, -0.05) is 114 Å². The van der Waals surface area contributed by atoms with Crippen LogP contribution in [0.3, 0.4) is 0 Å². The molecule has 1 aromatic carbocycles. The van der Waals surface area contributed by atoms with E-state index in [4.69, 9.17) is 0 Å². The summed E-state index contributed by atoms with van der Waals surface area (Å²) in [7, 11) is 2.11. The fourth-order valence-electron chi connectivity index (χ4n) is 4.09. The van der Waals surface area contributed by atoms with Gasteiger partial charge in [-0.3, -0.25) is 0 Å². The van der Waals surface area contributed by atoms with E-state index in [9.17, 15) is 0 Å². The molecule has 1 N–H and O–H groups in total. The molecule has 0 radical (unpaired) electrons. The molecule has 0 aliphatic carbocycles. The number of anilines is 1. The number of nitrogens with zero attached hydrogens (tertiary/aromatic N) is 1. The number of aromatic nitrogens is 1. The van der Waals surface area contributed by atoms with E-state index in [1.54, 1.807) is 0 Å². The average molecular weight is 422 g/mol. The number of pyridine rings is 1. The van der Waals surface area contributed by atoms with Crippen LogP contribution in [0.2, 0.25) is 0 Å². The highest BCUT2D eigenvalue weighted by atomic mass is 15.0. The van der Waals surface area contributed by atoms with Crippen molar-refractivity contribution in [3.8, 4) is 0 Å². The van der Waals surface area contributed by atoms with Crippen molar-refractivity contribution >= 4 is 17.8 Å². The predicted molar refractivity (Wildman–Crippen MR) is 137 cm³/mol. The Kier molecular flexibility index (Phi) is 13.5. The highest BCUT2D eigenvalue weighted by molar-refractivity contribution is 5.72. The molecule has 31 heavy (non-hydrogen) atoms. The van der Waals surface area contributed by atoms with E-state index in [1.807, 2.05) is 0 Å². The van der Waals surface area contributed by atoms with Gasteiger partial charge < -0.3 is 5.32 Å². The van der Waals surface area contributed by atoms with Crippen LogP contribution in [0.5, 0.6) is 0 Å². The quantitative estimate of drug-likeness (QED) is 0.201. The maximum Gasteiger partial charge on any atom is 0.228 e. The number of hydrogen-bond acceptors (Lipinski definition) is 1. The second-order valence-corrected chi connectivity index (χ2v) is 8.83. The van der Waals surface area contributed by atoms with Gasteiger partial charge in [0.2, 0.25) is 5.69 Å². The third-order valence-corrected chi connectivity index (χ3v) is 6.06. The van der Waals surface area contributed by atoms with Crippen LogP contribution in [-0.2, 0) is 7.05 Å². The zero-order valence-corrected chi connectivity index (χ0v) is 20.1.